The third-order valence-corrected chi connectivity index (χ3v) is 4.91. The Balaban J connectivity index is 1.79. The van der Waals surface area contributed by atoms with Crippen LogP contribution in [-0.2, 0) is 4.79 Å². The van der Waals surface area contributed by atoms with Gasteiger partial charge in [0.2, 0.25) is 5.91 Å². The van der Waals surface area contributed by atoms with Gasteiger partial charge in [-0.05, 0) is 45.2 Å². The van der Waals surface area contributed by atoms with Crippen LogP contribution in [0.4, 0.5) is 5.82 Å². The molecule has 0 aromatic carbocycles. The fraction of sp³-hybridized carbons (Fsp3) is 0.588. The van der Waals surface area contributed by atoms with Crippen molar-refractivity contribution in [3.8, 4) is 0 Å². The van der Waals surface area contributed by atoms with Gasteiger partial charge in [0, 0.05) is 37.9 Å². The highest BCUT2D eigenvalue weighted by Gasteiger charge is 2.43. The Morgan fingerprint density at radius 3 is 2.74 bits per heavy atom. The molecule has 124 valence electrons. The summed E-state index contributed by atoms with van der Waals surface area (Å²) < 4.78 is 0. The predicted molar refractivity (Wildman–Crippen MR) is 88.3 cm³/mol. The van der Waals surface area contributed by atoms with Crippen molar-refractivity contribution in [2.45, 2.75) is 44.7 Å². The van der Waals surface area contributed by atoms with Crippen molar-refractivity contribution in [3.63, 3.8) is 0 Å². The van der Waals surface area contributed by atoms with Gasteiger partial charge in [0.25, 0.3) is 5.91 Å². The van der Waals surface area contributed by atoms with Crippen LogP contribution < -0.4 is 5.32 Å². The minimum Gasteiger partial charge on any atom is -0.367 e. The Morgan fingerprint density at radius 2 is 2.09 bits per heavy atom. The molecule has 1 saturated heterocycles. The molecule has 1 aromatic heterocycles. The number of aromatic nitrogens is 1. The minimum atomic E-state index is -0.824. The summed E-state index contributed by atoms with van der Waals surface area (Å²) in [6, 6.07) is 3.97. The van der Waals surface area contributed by atoms with Gasteiger partial charge in [0.15, 0.2) is 0 Å². The van der Waals surface area contributed by atoms with E-state index in [0.717, 1.165) is 18.7 Å². The van der Waals surface area contributed by atoms with E-state index in [-0.39, 0.29) is 11.8 Å². The summed E-state index contributed by atoms with van der Waals surface area (Å²) in [6.07, 6.45) is 5.20. The molecule has 2 aliphatic rings. The third-order valence-electron chi connectivity index (χ3n) is 4.91. The van der Waals surface area contributed by atoms with Crippen LogP contribution in [0.3, 0.4) is 0 Å². The van der Waals surface area contributed by atoms with Gasteiger partial charge in [-0.3, -0.25) is 9.59 Å². The van der Waals surface area contributed by atoms with Gasteiger partial charge in [-0.2, -0.15) is 0 Å². The number of rotatable bonds is 3. The van der Waals surface area contributed by atoms with Crippen molar-refractivity contribution in [1.29, 1.82) is 0 Å². The first-order valence-corrected chi connectivity index (χ1v) is 8.20. The summed E-state index contributed by atoms with van der Waals surface area (Å²) >= 11 is 0. The Hall–Kier alpha value is -2.11. The zero-order valence-corrected chi connectivity index (χ0v) is 14.0. The van der Waals surface area contributed by atoms with Crippen molar-refractivity contribution in [2.75, 3.05) is 25.5 Å². The first-order valence-electron chi connectivity index (χ1n) is 8.20. The fourth-order valence-electron chi connectivity index (χ4n) is 3.13. The monoisotopic (exact) mass is 316 g/mol. The molecule has 1 saturated carbocycles. The second-order valence-corrected chi connectivity index (χ2v) is 6.94. The number of nitrogens with zero attached hydrogens (tertiary/aromatic N) is 3. The number of carbonyl (C=O) groups is 2. The van der Waals surface area contributed by atoms with Gasteiger partial charge in [0.05, 0.1) is 0 Å². The Kier molecular flexibility index (Phi) is 4.00. The number of piperazine rings is 1. The quantitative estimate of drug-likeness (QED) is 0.922. The first kappa shape index (κ1) is 15.8. The summed E-state index contributed by atoms with van der Waals surface area (Å²) in [7, 11) is 1.78. The largest absolute Gasteiger partial charge is 0.367 e. The highest BCUT2D eigenvalue weighted by molar-refractivity contribution is 6.00. The molecule has 6 heteroatoms. The van der Waals surface area contributed by atoms with E-state index in [4.69, 9.17) is 0 Å². The zero-order valence-electron chi connectivity index (χ0n) is 14.0. The van der Waals surface area contributed by atoms with E-state index in [1.165, 1.54) is 6.42 Å². The lowest BCUT2D eigenvalue weighted by molar-refractivity contribution is -0.144. The number of anilines is 1. The van der Waals surface area contributed by atoms with Gasteiger partial charge in [-0.15, -0.1) is 0 Å². The lowest BCUT2D eigenvalue weighted by Crippen LogP contribution is -2.63. The molecule has 0 bridgehead atoms. The summed E-state index contributed by atoms with van der Waals surface area (Å²) in [5.74, 6) is 0.591. The lowest BCUT2D eigenvalue weighted by atomic mass is 9.93. The molecule has 2 amide bonds. The van der Waals surface area contributed by atoms with Crippen molar-refractivity contribution >= 4 is 17.6 Å². The maximum absolute atomic E-state index is 12.9. The smallest absolute Gasteiger partial charge is 0.254 e. The molecule has 6 nitrogen and oxygen atoms in total. The standard InChI is InChI=1S/C17H24N4O2/c1-17(2)16(23)20(3)9-10-21(17)15(22)12-7-8-18-14(11-12)19-13-5-4-6-13/h7-8,11,13H,4-6,9-10H2,1-3H3,(H,18,19). The van der Waals surface area contributed by atoms with Crippen LogP contribution in [0.15, 0.2) is 18.3 Å². The molecule has 0 atom stereocenters. The minimum absolute atomic E-state index is 0.0287. The van der Waals surface area contributed by atoms with Crippen LogP contribution in [0.2, 0.25) is 0 Å². The predicted octanol–water partition coefficient (Wildman–Crippen LogP) is 1.74. The van der Waals surface area contributed by atoms with Gasteiger partial charge in [0.1, 0.15) is 11.4 Å². The van der Waals surface area contributed by atoms with Crippen molar-refractivity contribution < 1.29 is 9.59 Å². The SMILES string of the molecule is CN1CCN(C(=O)c2ccnc(NC3CCC3)c2)C(C)(C)C1=O. The number of hydrogen-bond donors (Lipinski definition) is 1. The van der Waals surface area contributed by atoms with Crippen LogP contribution in [0.25, 0.3) is 0 Å². The second kappa shape index (κ2) is 5.83. The molecule has 0 radical (unpaired) electrons. The van der Waals surface area contributed by atoms with E-state index >= 15 is 0 Å². The molecular formula is C17H24N4O2. The Labute approximate surface area is 136 Å². The van der Waals surface area contributed by atoms with Crippen LogP contribution >= 0.6 is 0 Å². The van der Waals surface area contributed by atoms with E-state index in [1.54, 1.807) is 49.0 Å². The number of nitrogens with one attached hydrogen (secondary N) is 1. The van der Waals surface area contributed by atoms with E-state index < -0.39 is 5.54 Å². The highest BCUT2D eigenvalue weighted by atomic mass is 16.2. The molecule has 1 aromatic rings. The molecule has 3 rings (SSSR count). The summed E-state index contributed by atoms with van der Waals surface area (Å²) in [5, 5.41) is 3.36. The first-order chi connectivity index (χ1) is 10.9. The summed E-state index contributed by atoms with van der Waals surface area (Å²) in [6.45, 7) is 4.71. The fourth-order valence-corrected chi connectivity index (χ4v) is 3.13. The number of likely N-dealkylation sites (N-methyl/N-ethyl adjacent to an activating group) is 1. The molecule has 1 aliphatic carbocycles. The van der Waals surface area contributed by atoms with E-state index in [9.17, 15) is 9.59 Å². The van der Waals surface area contributed by atoms with Gasteiger partial charge in [-0.25, -0.2) is 4.98 Å². The lowest BCUT2D eigenvalue weighted by Gasteiger charge is -2.44. The maximum atomic E-state index is 12.9. The number of carbonyl (C=O) groups excluding carboxylic acids is 2. The van der Waals surface area contributed by atoms with E-state index in [0.29, 0.717) is 24.7 Å². The van der Waals surface area contributed by atoms with Crippen molar-refractivity contribution in [1.82, 2.24) is 14.8 Å². The van der Waals surface area contributed by atoms with Crippen LogP contribution in [0.5, 0.6) is 0 Å². The molecule has 0 spiro atoms. The van der Waals surface area contributed by atoms with Gasteiger partial charge in [-0.1, -0.05) is 0 Å². The van der Waals surface area contributed by atoms with Crippen LogP contribution in [0, 0.1) is 0 Å². The molecule has 1 aliphatic heterocycles. The average molecular weight is 316 g/mol. The third kappa shape index (κ3) is 2.90. The maximum Gasteiger partial charge on any atom is 0.254 e. The van der Waals surface area contributed by atoms with Gasteiger partial charge < -0.3 is 15.1 Å². The molecule has 1 N–H and O–H groups in total. The normalized spacial score (nSPS) is 21.1. The van der Waals surface area contributed by atoms with Crippen LogP contribution in [-0.4, -0.2) is 58.3 Å². The second-order valence-electron chi connectivity index (χ2n) is 6.94. The zero-order chi connectivity index (χ0) is 16.6. The van der Waals surface area contributed by atoms with Crippen molar-refractivity contribution in [3.05, 3.63) is 23.9 Å². The number of amides is 2. The Bertz CT molecular complexity index is 625. The van der Waals surface area contributed by atoms with Gasteiger partial charge >= 0.3 is 0 Å². The Morgan fingerprint density at radius 1 is 1.35 bits per heavy atom. The molecule has 0 unspecified atom stereocenters. The van der Waals surface area contributed by atoms with E-state index in [2.05, 4.69) is 10.3 Å². The van der Waals surface area contributed by atoms with Crippen LogP contribution in [0.1, 0.15) is 43.5 Å². The molecule has 2 fully saturated rings. The molecular weight excluding hydrogens is 292 g/mol. The average Bonchev–Trinajstić information content (AvgIpc) is 2.48. The molecule has 2 heterocycles. The number of hydrogen-bond acceptors (Lipinski definition) is 4. The van der Waals surface area contributed by atoms with Crippen molar-refractivity contribution in [2.24, 2.45) is 0 Å². The summed E-state index contributed by atoms with van der Waals surface area (Å²) in [4.78, 5) is 32.9. The number of pyridine rings is 1. The van der Waals surface area contributed by atoms with E-state index in [1.807, 2.05) is 0 Å². The highest BCUT2D eigenvalue weighted by Crippen LogP contribution is 2.26. The molecule has 23 heavy (non-hydrogen) atoms. The topological polar surface area (TPSA) is 65.5 Å². The summed E-state index contributed by atoms with van der Waals surface area (Å²) in [5.41, 5.74) is -0.248.